The molecule has 1 N–H and O–H groups in total. The first-order chi connectivity index (χ1) is 11.5. The summed E-state index contributed by atoms with van der Waals surface area (Å²) in [5, 5.41) is 3.39. The number of nitrogens with one attached hydrogen (secondary N) is 1. The van der Waals surface area contributed by atoms with E-state index < -0.39 is 0 Å². The van der Waals surface area contributed by atoms with Crippen LogP contribution in [0.15, 0.2) is 27.8 Å². The van der Waals surface area contributed by atoms with Gasteiger partial charge < -0.3 is 14.6 Å². The van der Waals surface area contributed by atoms with E-state index >= 15 is 0 Å². The fourth-order valence-electron chi connectivity index (χ4n) is 3.25. The summed E-state index contributed by atoms with van der Waals surface area (Å²) in [7, 11) is 1.84. The molecule has 25 heavy (non-hydrogen) atoms. The first-order valence-corrected chi connectivity index (χ1v) is 8.77. The van der Waals surface area contributed by atoms with Crippen LogP contribution in [-0.4, -0.2) is 60.0 Å². The van der Waals surface area contributed by atoms with Crippen LogP contribution >= 0.6 is 24.0 Å². The van der Waals surface area contributed by atoms with Gasteiger partial charge in [0.15, 0.2) is 5.96 Å². The number of halogens is 1. The second-order valence-electron chi connectivity index (χ2n) is 7.58. The maximum absolute atomic E-state index is 5.84. The summed E-state index contributed by atoms with van der Waals surface area (Å²) in [6, 6.07) is 0.618. The summed E-state index contributed by atoms with van der Waals surface area (Å²) in [6.07, 6.45) is 7.53. The van der Waals surface area contributed by atoms with Crippen LogP contribution in [0.25, 0.3) is 0 Å². The van der Waals surface area contributed by atoms with Crippen LogP contribution in [0.4, 0.5) is 0 Å². The van der Waals surface area contributed by atoms with Gasteiger partial charge in [-0.25, -0.2) is 4.98 Å². The molecule has 3 rings (SSSR count). The summed E-state index contributed by atoms with van der Waals surface area (Å²) < 4.78 is 5.84. The number of hydrogen-bond donors (Lipinski definition) is 1. The number of hydrogen-bond acceptors (Lipinski definition) is 4. The molecule has 0 spiro atoms. The zero-order chi connectivity index (χ0) is 17.2. The number of oxazole rings is 1. The van der Waals surface area contributed by atoms with E-state index in [-0.39, 0.29) is 29.4 Å². The predicted molar refractivity (Wildman–Crippen MR) is 112 cm³/mol. The SMILES string of the molecule is CN=C(NCc1ncc(C(C)(C)C)o1)N1CCC(N2CC=CC2)C1.I. The van der Waals surface area contributed by atoms with Crippen molar-refractivity contribution in [3.63, 3.8) is 0 Å². The molecule has 0 amide bonds. The normalized spacial score (nSPS) is 21.7. The number of aromatic nitrogens is 1. The Morgan fingerprint density at radius 2 is 2.08 bits per heavy atom. The number of guanidine groups is 1. The van der Waals surface area contributed by atoms with Gasteiger partial charge in [-0.3, -0.25) is 9.89 Å². The van der Waals surface area contributed by atoms with Crippen molar-refractivity contribution in [1.82, 2.24) is 20.1 Å². The van der Waals surface area contributed by atoms with Gasteiger partial charge in [-0.05, 0) is 6.42 Å². The van der Waals surface area contributed by atoms with Crippen LogP contribution in [0.1, 0.15) is 38.8 Å². The number of nitrogens with zero attached hydrogens (tertiary/aromatic N) is 4. The van der Waals surface area contributed by atoms with Crippen LogP contribution < -0.4 is 5.32 Å². The van der Waals surface area contributed by atoms with Crippen molar-refractivity contribution in [3.8, 4) is 0 Å². The molecule has 1 aromatic heterocycles. The molecule has 6 nitrogen and oxygen atoms in total. The highest BCUT2D eigenvalue weighted by atomic mass is 127. The topological polar surface area (TPSA) is 56.9 Å². The molecule has 0 saturated carbocycles. The highest BCUT2D eigenvalue weighted by Gasteiger charge is 2.29. The smallest absolute Gasteiger partial charge is 0.213 e. The van der Waals surface area contributed by atoms with Crippen molar-refractivity contribution >= 4 is 29.9 Å². The second-order valence-corrected chi connectivity index (χ2v) is 7.58. The van der Waals surface area contributed by atoms with Gasteiger partial charge in [-0.15, -0.1) is 24.0 Å². The van der Waals surface area contributed by atoms with Gasteiger partial charge in [0.25, 0.3) is 0 Å². The molecular weight excluding hydrogens is 429 g/mol. The molecule has 2 aliphatic heterocycles. The molecule has 1 fully saturated rings. The van der Waals surface area contributed by atoms with E-state index in [4.69, 9.17) is 4.42 Å². The Morgan fingerprint density at radius 3 is 2.68 bits per heavy atom. The monoisotopic (exact) mass is 459 g/mol. The van der Waals surface area contributed by atoms with Crippen molar-refractivity contribution in [2.24, 2.45) is 4.99 Å². The molecule has 0 aliphatic carbocycles. The summed E-state index contributed by atoms with van der Waals surface area (Å²) in [6.45, 7) is 11.2. The van der Waals surface area contributed by atoms with E-state index in [1.165, 1.54) is 6.42 Å². The number of likely N-dealkylation sites (tertiary alicyclic amines) is 1. The lowest BCUT2D eigenvalue weighted by Gasteiger charge is -2.25. The molecule has 3 heterocycles. The van der Waals surface area contributed by atoms with E-state index in [0.29, 0.717) is 18.5 Å². The minimum absolute atomic E-state index is 0. The Labute approximate surface area is 167 Å². The summed E-state index contributed by atoms with van der Waals surface area (Å²) in [4.78, 5) is 13.7. The molecule has 140 valence electrons. The molecule has 1 unspecified atom stereocenters. The minimum atomic E-state index is -0.0150. The molecule has 1 aromatic rings. The lowest BCUT2D eigenvalue weighted by atomic mass is 9.94. The third-order valence-electron chi connectivity index (χ3n) is 4.73. The fraction of sp³-hybridized carbons (Fsp3) is 0.667. The van der Waals surface area contributed by atoms with E-state index in [0.717, 1.165) is 37.9 Å². The molecular formula is C18H30IN5O. The lowest BCUT2D eigenvalue weighted by Crippen LogP contribution is -2.42. The largest absolute Gasteiger partial charge is 0.443 e. The average Bonchev–Trinajstić information content (AvgIpc) is 3.28. The predicted octanol–water partition coefficient (Wildman–Crippen LogP) is 2.61. The molecule has 0 aromatic carbocycles. The highest BCUT2D eigenvalue weighted by Crippen LogP contribution is 2.22. The van der Waals surface area contributed by atoms with Gasteiger partial charge >= 0.3 is 0 Å². The van der Waals surface area contributed by atoms with Crippen molar-refractivity contribution in [2.75, 3.05) is 33.2 Å². The Hall–Kier alpha value is -1.09. The Kier molecular flexibility index (Phi) is 6.90. The Morgan fingerprint density at radius 1 is 1.36 bits per heavy atom. The van der Waals surface area contributed by atoms with Crippen molar-refractivity contribution < 1.29 is 4.42 Å². The van der Waals surface area contributed by atoms with Crippen molar-refractivity contribution in [3.05, 3.63) is 30.0 Å². The van der Waals surface area contributed by atoms with Crippen molar-refractivity contribution in [2.45, 2.75) is 45.2 Å². The fourth-order valence-corrected chi connectivity index (χ4v) is 3.25. The third kappa shape index (κ3) is 4.97. The Balaban J connectivity index is 0.00000225. The summed E-state index contributed by atoms with van der Waals surface area (Å²) >= 11 is 0. The quantitative estimate of drug-likeness (QED) is 0.326. The zero-order valence-electron chi connectivity index (χ0n) is 15.7. The van der Waals surface area contributed by atoms with Crippen LogP contribution in [0.2, 0.25) is 0 Å². The summed E-state index contributed by atoms with van der Waals surface area (Å²) in [5.41, 5.74) is -0.0150. The first-order valence-electron chi connectivity index (χ1n) is 8.77. The van der Waals surface area contributed by atoms with Gasteiger partial charge in [0.1, 0.15) is 5.76 Å². The molecule has 7 heteroatoms. The maximum Gasteiger partial charge on any atom is 0.213 e. The summed E-state index contributed by atoms with van der Waals surface area (Å²) in [5.74, 6) is 2.55. The molecule has 0 bridgehead atoms. The van der Waals surface area contributed by atoms with E-state index in [9.17, 15) is 0 Å². The molecule has 1 saturated heterocycles. The van der Waals surface area contributed by atoms with Crippen LogP contribution in [0.3, 0.4) is 0 Å². The van der Waals surface area contributed by atoms with Gasteiger partial charge in [-0.2, -0.15) is 0 Å². The van der Waals surface area contributed by atoms with Gasteiger partial charge in [0, 0.05) is 44.7 Å². The first kappa shape index (κ1) is 20.2. The zero-order valence-corrected chi connectivity index (χ0v) is 18.0. The third-order valence-corrected chi connectivity index (χ3v) is 4.73. The average molecular weight is 459 g/mol. The number of rotatable bonds is 3. The standard InChI is InChI=1S/C18H29N5O.HI/c1-18(2,3)15-11-20-16(24-15)12-21-17(19-4)23-10-7-14(13-23)22-8-5-6-9-22;/h5-6,11,14H,7-10,12-13H2,1-4H3,(H,19,21);1H. The van der Waals surface area contributed by atoms with Crippen LogP contribution in [0, 0.1) is 0 Å². The molecule has 0 radical (unpaired) electrons. The van der Waals surface area contributed by atoms with Gasteiger partial charge in [0.05, 0.1) is 12.7 Å². The number of aliphatic imine (C=N–C) groups is 1. The van der Waals surface area contributed by atoms with E-state index in [1.54, 1.807) is 0 Å². The highest BCUT2D eigenvalue weighted by molar-refractivity contribution is 14.0. The molecule has 2 aliphatic rings. The molecule has 1 atom stereocenters. The van der Waals surface area contributed by atoms with Crippen LogP contribution in [-0.2, 0) is 12.0 Å². The van der Waals surface area contributed by atoms with E-state index in [1.807, 2.05) is 13.2 Å². The van der Waals surface area contributed by atoms with Crippen molar-refractivity contribution in [1.29, 1.82) is 0 Å². The second kappa shape index (κ2) is 8.53. The van der Waals surface area contributed by atoms with Gasteiger partial charge in [0.2, 0.25) is 5.89 Å². The van der Waals surface area contributed by atoms with Gasteiger partial charge in [-0.1, -0.05) is 32.9 Å². The lowest BCUT2D eigenvalue weighted by molar-refractivity contribution is 0.259. The Bertz CT molecular complexity index is 611. The van der Waals surface area contributed by atoms with Crippen LogP contribution in [0.5, 0.6) is 0 Å². The maximum atomic E-state index is 5.84. The minimum Gasteiger partial charge on any atom is -0.443 e. The van der Waals surface area contributed by atoms with E-state index in [2.05, 4.69) is 58.0 Å².